The lowest BCUT2D eigenvalue weighted by Crippen LogP contribution is -2.28. The number of carbonyl (C=O) groups excluding carboxylic acids is 1. The van der Waals surface area contributed by atoms with Crippen LogP contribution in [0.2, 0.25) is 0 Å². The van der Waals surface area contributed by atoms with Crippen molar-refractivity contribution in [2.75, 3.05) is 32.1 Å². The van der Waals surface area contributed by atoms with Crippen LogP contribution in [0.25, 0.3) is 0 Å². The van der Waals surface area contributed by atoms with Crippen molar-refractivity contribution in [1.29, 1.82) is 0 Å². The van der Waals surface area contributed by atoms with Gasteiger partial charge in [-0.15, -0.1) is 0 Å². The van der Waals surface area contributed by atoms with E-state index in [2.05, 4.69) is 22.4 Å². The Bertz CT molecular complexity index is 583. The lowest BCUT2D eigenvalue weighted by atomic mass is 10.0. The number of hydrogen-bond acceptors (Lipinski definition) is 5. The van der Waals surface area contributed by atoms with Crippen LogP contribution < -0.4 is 10.4 Å². The summed E-state index contributed by atoms with van der Waals surface area (Å²) in [5.41, 5.74) is 1.85. The second-order valence-corrected chi connectivity index (χ2v) is 7.39. The summed E-state index contributed by atoms with van der Waals surface area (Å²) in [6, 6.07) is 7.51. The first-order chi connectivity index (χ1) is 11.5. The van der Waals surface area contributed by atoms with Crippen molar-refractivity contribution in [2.45, 2.75) is 32.7 Å². The van der Waals surface area contributed by atoms with Crippen LogP contribution in [0.1, 0.15) is 38.3 Å². The summed E-state index contributed by atoms with van der Waals surface area (Å²) in [5, 5.41) is 4.92. The molecule has 134 valence electrons. The van der Waals surface area contributed by atoms with E-state index in [4.69, 9.17) is 9.05 Å². The molecule has 1 aromatic rings. The normalized spacial score (nSPS) is 18.5. The highest BCUT2D eigenvalue weighted by Gasteiger charge is 2.26. The van der Waals surface area contributed by atoms with Crippen LogP contribution in [-0.4, -0.2) is 37.7 Å². The van der Waals surface area contributed by atoms with Crippen molar-refractivity contribution in [3.63, 3.8) is 0 Å². The molecule has 24 heavy (non-hydrogen) atoms. The van der Waals surface area contributed by atoms with Gasteiger partial charge in [-0.1, -0.05) is 12.1 Å². The highest BCUT2D eigenvalue weighted by atomic mass is 31.2. The Morgan fingerprint density at radius 1 is 1.25 bits per heavy atom. The third-order valence-corrected chi connectivity index (χ3v) is 5.58. The van der Waals surface area contributed by atoms with Crippen LogP contribution in [0, 0.1) is 0 Å². The number of anilines is 1. The SMILES string of the molecule is CCOP(=O)(NC(=O)Nc1ccc(C2CCCN2C)cc1)OCC. The molecule has 1 aromatic carbocycles. The minimum Gasteiger partial charge on any atom is -0.308 e. The van der Waals surface area contributed by atoms with Gasteiger partial charge in [0.1, 0.15) is 0 Å². The van der Waals surface area contributed by atoms with E-state index in [1.165, 1.54) is 12.0 Å². The molecular formula is C16H26N3O4P. The monoisotopic (exact) mass is 355 g/mol. The Morgan fingerprint density at radius 2 is 1.88 bits per heavy atom. The number of amides is 2. The largest absolute Gasteiger partial charge is 0.436 e. The number of benzene rings is 1. The third-order valence-electron chi connectivity index (χ3n) is 3.91. The molecule has 0 saturated carbocycles. The summed E-state index contributed by atoms with van der Waals surface area (Å²) in [6.07, 6.45) is 2.35. The molecule has 1 heterocycles. The van der Waals surface area contributed by atoms with Crippen molar-refractivity contribution in [3.8, 4) is 0 Å². The van der Waals surface area contributed by atoms with Crippen molar-refractivity contribution < 1.29 is 18.4 Å². The van der Waals surface area contributed by atoms with E-state index in [9.17, 15) is 9.36 Å². The zero-order valence-electron chi connectivity index (χ0n) is 14.4. The van der Waals surface area contributed by atoms with Gasteiger partial charge in [-0.25, -0.2) is 14.4 Å². The molecule has 0 bridgehead atoms. The molecule has 1 fully saturated rings. The third kappa shape index (κ3) is 5.05. The Labute approximate surface area is 143 Å². The molecule has 1 aliphatic rings. The first kappa shape index (κ1) is 18.9. The number of likely N-dealkylation sites (tertiary alicyclic amines) is 1. The van der Waals surface area contributed by atoms with Crippen LogP contribution in [0.4, 0.5) is 10.5 Å². The van der Waals surface area contributed by atoms with Gasteiger partial charge in [0.25, 0.3) is 0 Å². The number of hydrogen-bond donors (Lipinski definition) is 2. The molecule has 1 unspecified atom stereocenters. The predicted molar refractivity (Wildman–Crippen MR) is 94.1 cm³/mol. The number of urea groups is 1. The minimum absolute atomic E-state index is 0.182. The highest BCUT2D eigenvalue weighted by molar-refractivity contribution is 7.52. The topological polar surface area (TPSA) is 79.9 Å². The van der Waals surface area contributed by atoms with Crippen molar-refractivity contribution >= 4 is 19.5 Å². The average molecular weight is 355 g/mol. The number of nitrogens with one attached hydrogen (secondary N) is 2. The molecule has 8 heteroatoms. The van der Waals surface area contributed by atoms with Gasteiger partial charge in [0, 0.05) is 11.7 Å². The Kier molecular flexibility index (Phi) is 6.80. The Morgan fingerprint density at radius 3 is 2.38 bits per heavy atom. The first-order valence-corrected chi connectivity index (χ1v) is 9.80. The fraction of sp³-hybridized carbons (Fsp3) is 0.562. The lowest BCUT2D eigenvalue weighted by Gasteiger charge is -2.20. The first-order valence-electron chi connectivity index (χ1n) is 8.26. The van der Waals surface area contributed by atoms with E-state index in [1.54, 1.807) is 13.8 Å². The van der Waals surface area contributed by atoms with Crippen LogP contribution in [0.5, 0.6) is 0 Å². The zero-order chi connectivity index (χ0) is 17.6. The molecule has 7 nitrogen and oxygen atoms in total. The van der Waals surface area contributed by atoms with Gasteiger partial charge in [0.15, 0.2) is 0 Å². The number of nitrogens with zero attached hydrogens (tertiary/aromatic N) is 1. The standard InChI is InChI=1S/C16H26N3O4P/c1-4-22-24(21,23-5-2)18-16(20)17-14-10-8-13(9-11-14)15-7-6-12-19(15)3/h8-11,15H,4-7,12H2,1-3H3,(H2,17,18,20,21). The summed E-state index contributed by atoms with van der Waals surface area (Å²) in [5.74, 6) is 0. The van der Waals surface area contributed by atoms with Gasteiger partial charge in [0.05, 0.1) is 13.2 Å². The van der Waals surface area contributed by atoms with Crippen LogP contribution in [0.3, 0.4) is 0 Å². The van der Waals surface area contributed by atoms with E-state index >= 15 is 0 Å². The molecular weight excluding hydrogens is 329 g/mol. The molecule has 0 spiro atoms. The minimum atomic E-state index is -3.62. The number of rotatable bonds is 7. The molecule has 1 saturated heterocycles. The van der Waals surface area contributed by atoms with Gasteiger partial charge < -0.3 is 5.32 Å². The van der Waals surface area contributed by atoms with Gasteiger partial charge >= 0.3 is 13.8 Å². The maximum Gasteiger partial charge on any atom is 0.436 e. The Balaban J connectivity index is 1.95. The molecule has 2 rings (SSSR count). The Hall–Kier alpha value is -1.40. The molecule has 2 amide bonds. The van der Waals surface area contributed by atoms with Gasteiger partial charge in [0.2, 0.25) is 0 Å². The summed E-state index contributed by atoms with van der Waals surface area (Å²) in [4.78, 5) is 14.3. The second-order valence-electron chi connectivity index (χ2n) is 5.66. The van der Waals surface area contributed by atoms with Crippen molar-refractivity contribution in [3.05, 3.63) is 29.8 Å². The summed E-state index contributed by atoms with van der Waals surface area (Å²) >= 11 is 0. The fourth-order valence-electron chi connectivity index (χ4n) is 2.85. The van der Waals surface area contributed by atoms with Crippen molar-refractivity contribution in [2.24, 2.45) is 0 Å². The lowest BCUT2D eigenvalue weighted by molar-refractivity contribution is 0.209. The molecule has 1 aliphatic heterocycles. The quantitative estimate of drug-likeness (QED) is 0.728. The van der Waals surface area contributed by atoms with Crippen LogP contribution in [0.15, 0.2) is 24.3 Å². The van der Waals surface area contributed by atoms with E-state index in [0.29, 0.717) is 11.7 Å². The fourth-order valence-corrected chi connectivity index (χ4v) is 4.03. The number of carbonyl (C=O) groups is 1. The molecule has 2 N–H and O–H groups in total. The molecule has 0 aliphatic carbocycles. The molecule has 0 aromatic heterocycles. The maximum absolute atomic E-state index is 12.3. The van der Waals surface area contributed by atoms with E-state index in [-0.39, 0.29) is 13.2 Å². The summed E-state index contributed by atoms with van der Waals surface area (Å²) < 4.78 is 22.3. The van der Waals surface area contributed by atoms with Gasteiger partial charge in [-0.2, -0.15) is 0 Å². The second kappa shape index (κ2) is 8.62. The predicted octanol–water partition coefficient (Wildman–Crippen LogP) is 3.76. The smallest absolute Gasteiger partial charge is 0.308 e. The highest BCUT2D eigenvalue weighted by Crippen LogP contribution is 2.43. The van der Waals surface area contributed by atoms with Gasteiger partial charge in [-0.05, 0) is 58.0 Å². The zero-order valence-corrected chi connectivity index (χ0v) is 15.3. The summed E-state index contributed by atoms with van der Waals surface area (Å²) in [7, 11) is -1.49. The molecule has 1 atom stereocenters. The molecule has 0 radical (unpaired) electrons. The maximum atomic E-state index is 12.3. The van der Waals surface area contributed by atoms with E-state index in [0.717, 1.165) is 13.0 Å². The van der Waals surface area contributed by atoms with Gasteiger partial charge in [-0.3, -0.25) is 13.9 Å². The summed E-state index contributed by atoms with van der Waals surface area (Å²) in [6.45, 7) is 4.84. The van der Waals surface area contributed by atoms with E-state index < -0.39 is 13.8 Å². The van der Waals surface area contributed by atoms with Crippen molar-refractivity contribution in [1.82, 2.24) is 9.99 Å². The average Bonchev–Trinajstić information content (AvgIpc) is 2.94. The van der Waals surface area contributed by atoms with Crippen LogP contribution in [-0.2, 0) is 13.6 Å². The van der Waals surface area contributed by atoms with Crippen LogP contribution >= 0.6 is 7.75 Å². The van der Waals surface area contributed by atoms with E-state index in [1.807, 2.05) is 24.3 Å².